The first kappa shape index (κ1) is 17.0. The van der Waals surface area contributed by atoms with Gasteiger partial charge in [0.2, 0.25) is 17.1 Å². The Kier molecular flexibility index (Phi) is 4.97. The Bertz CT molecular complexity index is 503. The Morgan fingerprint density at radius 1 is 1.23 bits per heavy atom. The number of carbonyl (C=O) groups excluding carboxylic acids is 1. The van der Waals surface area contributed by atoms with Crippen LogP contribution in [0, 0.1) is 0 Å². The lowest BCUT2D eigenvalue weighted by molar-refractivity contribution is -0.145. The number of methoxy groups -OCH3 is 1. The van der Waals surface area contributed by atoms with E-state index in [9.17, 15) is 9.90 Å². The monoisotopic (exact) mass is 310 g/mol. The minimum Gasteiger partial charge on any atom is -0.487 e. The molecule has 5 nitrogen and oxygen atoms in total. The molecule has 0 saturated carbocycles. The SMILES string of the molecule is CO[C@H]1C=C([C@]2(O)C(=O)C(OC(C)C)=C2OC(C)C)CCC1. The van der Waals surface area contributed by atoms with E-state index in [0.29, 0.717) is 12.0 Å². The van der Waals surface area contributed by atoms with Gasteiger partial charge in [-0.25, -0.2) is 0 Å². The lowest BCUT2D eigenvalue weighted by Crippen LogP contribution is -2.55. The number of ketones is 1. The Labute approximate surface area is 131 Å². The molecule has 0 aromatic rings. The van der Waals surface area contributed by atoms with Crippen LogP contribution in [-0.4, -0.2) is 41.9 Å². The Morgan fingerprint density at radius 2 is 1.86 bits per heavy atom. The first-order valence-corrected chi connectivity index (χ1v) is 7.89. The van der Waals surface area contributed by atoms with Gasteiger partial charge in [0, 0.05) is 7.11 Å². The predicted octanol–water partition coefficient (Wildman–Crippen LogP) is 2.49. The summed E-state index contributed by atoms with van der Waals surface area (Å²) >= 11 is 0. The zero-order chi connectivity index (χ0) is 16.5. The first-order chi connectivity index (χ1) is 10.3. The highest BCUT2D eigenvalue weighted by Gasteiger charge is 2.59. The maximum atomic E-state index is 12.5. The van der Waals surface area contributed by atoms with Crippen LogP contribution in [-0.2, 0) is 19.0 Å². The molecule has 2 aliphatic carbocycles. The van der Waals surface area contributed by atoms with Crippen molar-refractivity contribution in [2.24, 2.45) is 0 Å². The third-order valence-corrected chi connectivity index (χ3v) is 3.87. The summed E-state index contributed by atoms with van der Waals surface area (Å²) in [6.45, 7) is 7.39. The predicted molar refractivity (Wildman–Crippen MR) is 82.2 cm³/mol. The molecule has 0 unspecified atom stereocenters. The van der Waals surface area contributed by atoms with Gasteiger partial charge in [0.05, 0.1) is 18.3 Å². The van der Waals surface area contributed by atoms with Gasteiger partial charge in [0.1, 0.15) is 0 Å². The van der Waals surface area contributed by atoms with Crippen molar-refractivity contribution < 1.29 is 24.1 Å². The summed E-state index contributed by atoms with van der Waals surface area (Å²) in [5.74, 6) is -0.0318. The van der Waals surface area contributed by atoms with Gasteiger partial charge in [0.25, 0.3) is 0 Å². The van der Waals surface area contributed by atoms with Crippen LogP contribution in [0.2, 0.25) is 0 Å². The second kappa shape index (κ2) is 6.42. The summed E-state index contributed by atoms with van der Waals surface area (Å²) in [6.07, 6.45) is 3.89. The van der Waals surface area contributed by atoms with Gasteiger partial charge in [-0.1, -0.05) is 6.08 Å². The van der Waals surface area contributed by atoms with Crippen molar-refractivity contribution in [3.8, 4) is 0 Å². The molecular formula is C17H26O5. The number of aliphatic hydroxyl groups is 1. The van der Waals surface area contributed by atoms with E-state index in [1.54, 1.807) is 7.11 Å². The van der Waals surface area contributed by atoms with Crippen molar-refractivity contribution in [1.82, 2.24) is 0 Å². The fourth-order valence-electron chi connectivity index (χ4n) is 2.85. The number of carbonyl (C=O) groups is 1. The van der Waals surface area contributed by atoms with Crippen LogP contribution in [0.1, 0.15) is 47.0 Å². The fraction of sp³-hybridized carbons (Fsp3) is 0.706. The number of rotatable bonds is 6. The van der Waals surface area contributed by atoms with Crippen molar-refractivity contribution in [3.63, 3.8) is 0 Å². The molecule has 22 heavy (non-hydrogen) atoms. The highest BCUT2D eigenvalue weighted by atomic mass is 16.6. The molecule has 124 valence electrons. The maximum Gasteiger partial charge on any atom is 0.244 e. The molecule has 0 aromatic heterocycles. The summed E-state index contributed by atoms with van der Waals surface area (Å²) in [4.78, 5) is 12.5. The maximum absolute atomic E-state index is 12.5. The number of hydrogen-bond acceptors (Lipinski definition) is 5. The topological polar surface area (TPSA) is 65.0 Å². The van der Waals surface area contributed by atoms with Crippen LogP contribution in [0.15, 0.2) is 23.2 Å². The van der Waals surface area contributed by atoms with Crippen molar-refractivity contribution in [1.29, 1.82) is 0 Å². The molecule has 0 saturated heterocycles. The molecule has 2 rings (SSSR count). The normalized spacial score (nSPS) is 28.8. The molecule has 5 heteroatoms. The summed E-state index contributed by atoms with van der Waals surface area (Å²) in [7, 11) is 1.63. The number of ether oxygens (including phenoxy) is 3. The molecule has 0 spiro atoms. The summed E-state index contributed by atoms with van der Waals surface area (Å²) in [5.41, 5.74) is -1.03. The van der Waals surface area contributed by atoms with Crippen molar-refractivity contribution >= 4 is 5.78 Å². The van der Waals surface area contributed by atoms with E-state index in [-0.39, 0.29) is 29.8 Å². The molecule has 2 aliphatic rings. The molecule has 0 heterocycles. The zero-order valence-corrected chi connectivity index (χ0v) is 14.0. The van der Waals surface area contributed by atoms with Crippen LogP contribution in [0.3, 0.4) is 0 Å². The quantitative estimate of drug-likeness (QED) is 0.764. The highest BCUT2D eigenvalue weighted by molar-refractivity contribution is 6.12. The average molecular weight is 310 g/mol. The van der Waals surface area contributed by atoms with Crippen molar-refractivity contribution in [2.45, 2.75) is 70.9 Å². The van der Waals surface area contributed by atoms with E-state index < -0.39 is 11.4 Å². The molecule has 1 N–H and O–H groups in total. The lowest BCUT2D eigenvalue weighted by atomic mass is 9.73. The van der Waals surface area contributed by atoms with Gasteiger partial charge in [-0.05, 0) is 52.5 Å². The summed E-state index contributed by atoms with van der Waals surface area (Å²) in [6, 6.07) is 0. The highest BCUT2D eigenvalue weighted by Crippen LogP contribution is 2.45. The van der Waals surface area contributed by atoms with Crippen LogP contribution < -0.4 is 0 Å². The van der Waals surface area contributed by atoms with Gasteiger partial charge in [0.15, 0.2) is 5.76 Å². The molecule has 0 aromatic carbocycles. The third-order valence-electron chi connectivity index (χ3n) is 3.87. The molecule has 0 aliphatic heterocycles. The minimum absolute atomic E-state index is 0.0732. The lowest BCUT2D eigenvalue weighted by Gasteiger charge is -2.42. The first-order valence-electron chi connectivity index (χ1n) is 7.89. The summed E-state index contributed by atoms with van der Waals surface area (Å²) in [5, 5.41) is 11.0. The Morgan fingerprint density at radius 3 is 2.41 bits per heavy atom. The molecule has 2 atom stereocenters. The number of hydrogen-bond donors (Lipinski definition) is 1. The molecule has 0 amide bonds. The van der Waals surface area contributed by atoms with E-state index >= 15 is 0 Å². The average Bonchev–Trinajstić information content (AvgIpc) is 2.49. The second-order valence-electron chi connectivity index (χ2n) is 6.39. The van der Waals surface area contributed by atoms with E-state index in [2.05, 4.69) is 0 Å². The van der Waals surface area contributed by atoms with Crippen LogP contribution in [0.5, 0.6) is 0 Å². The fourth-order valence-corrected chi connectivity index (χ4v) is 2.85. The van der Waals surface area contributed by atoms with E-state index in [4.69, 9.17) is 14.2 Å². The standard InChI is InChI=1S/C17H26O5/c1-10(2)21-14-15(18)17(19,16(14)22-11(3)4)12-7-6-8-13(9-12)20-5/h9-11,13,19H,6-8H2,1-5H3/t13-,17+/m1/s1. The minimum atomic E-state index is -1.69. The zero-order valence-electron chi connectivity index (χ0n) is 14.0. The summed E-state index contributed by atoms with van der Waals surface area (Å²) < 4.78 is 16.6. The molecule has 0 fully saturated rings. The largest absolute Gasteiger partial charge is 0.487 e. The number of Topliss-reactive ketones (excluding diaryl/α,β-unsaturated/α-hetero) is 1. The Hall–Kier alpha value is -1.33. The van der Waals surface area contributed by atoms with Crippen LogP contribution in [0.25, 0.3) is 0 Å². The molecule has 0 radical (unpaired) electrons. The molecular weight excluding hydrogens is 284 g/mol. The van der Waals surface area contributed by atoms with E-state index in [0.717, 1.165) is 12.8 Å². The third kappa shape index (κ3) is 2.92. The van der Waals surface area contributed by atoms with Crippen LogP contribution >= 0.6 is 0 Å². The van der Waals surface area contributed by atoms with Crippen LogP contribution in [0.4, 0.5) is 0 Å². The van der Waals surface area contributed by atoms with Gasteiger partial charge in [-0.15, -0.1) is 0 Å². The molecule has 0 bridgehead atoms. The van der Waals surface area contributed by atoms with Gasteiger partial charge >= 0.3 is 0 Å². The van der Waals surface area contributed by atoms with E-state index in [1.165, 1.54) is 0 Å². The smallest absolute Gasteiger partial charge is 0.244 e. The van der Waals surface area contributed by atoms with Crippen molar-refractivity contribution in [2.75, 3.05) is 7.11 Å². The Balaban J connectivity index is 2.37. The van der Waals surface area contributed by atoms with Gasteiger partial charge in [-0.2, -0.15) is 0 Å². The van der Waals surface area contributed by atoms with E-state index in [1.807, 2.05) is 33.8 Å². The van der Waals surface area contributed by atoms with Gasteiger partial charge in [-0.3, -0.25) is 4.79 Å². The van der Waals surface area contributed by atoms with Crippen molar-refractivity contribution in [3.05, 3.63) is 23.2 Å². The second-order valence-corrected chi connectivity index (χ2v) is 6.39. The van der Waals surface area contributed by atoms with Gasteiger partial charge < -0.3 is 19.3 Å².